The van der Waals surface area contributed by atoms with Crippen LogP contribution in [0, 0.1) is 0 Å². The molecule has 0 aliphatic heterocycles. The molecule has 0 radical (unpaired) electrons. The van der Waals surface area contributed by atoms with E-state index in [9.17, 15) is 4.79 Å². The fraction of sp³-hybridized carbons (Fsp3) is 0.417. The van der Waals surface area contributed by atoms with Gasteiger partial charge in [0.2, 0.25) is 0 Å². The maximum Gasteiger partial charge on any atom is 0.310 e. The minimum atomic E-state index is -0.772. The highest BCUT2D eigenvalue weighted by Crippen LogP contribution is 2.43. The van der Waals surface area contributed by atoms with Gasteiger partial charge in [-0.25, -0.2) is 0 Å². The number of carbonyl (C=O) groups is 1. The number of rotatable bonds is 3. The van der Waals surface area contributed by atoms with Gasteiger partial charge in [-0.3, -0.25) is 4.79 Å². The Balaban J connectivity index is 2.51. The van der Waals surface area contributed by atoms with Gasteiger partial charge in [0.25, 0.3) is 0 Å². The molecule has 1 aliphatic rings. The molecule has 0 spiro atoms. The molecular weight excluding hydrogens is 208 g/mol. The molecule has 0 saturated heterocycles. The highest BCUT2D eigenvalue weighted by atomic mass is 16.5. The van der Waals surface area contributed by atoms with E-state index in [0.717, 1.165) is 17.5 Å². The first-order chi connectivity index (χ1) is 7.69. The van der Waals surface area contributed by atoms with Crippen LogP contribution in [0.25, 0.3) is 0 Å². The SMILES string of the molecule is COc1ccc2c(c1OC)CC[C@@H]2C(=O)O. The van der Waals surface area contributed by atoms with Gasteiger partial charge in [-0.2, -0.15) is 0 Å². The van der Waals surface area contributed by atoms with Gasteiger partial charge >= 0.3 is 5.97 Å². The molecule has 2 rings (SSSR count). The summed E-state index contributed by atoms with van der Waals surface area (Å²) in [4.78, 5) is 11.0. The molecule has 0 bridgehead atoms. The van der Waals surface area contributed by atoms with Crippen molar-refractivity contribution in [2.75, 3.05) is 14.2 Å². The van der Waals surface area contributed by atoms with Crippen molar-refractivity contribution in [3.63, 3.8) is 0 Å². The van der Waals surface area contributed by atoms with Crippen LogP contribution in [0.1, 0.15) is 23.5 Å². The molecule has 0 heterocycles. The van der Waals surface area contributed by atoms with Crippen LogP contribution in [0.5, 0.6) is 11.5 Å². The van der Waals surface area contributed by atoms with Crippen molar-refractivity contribution in [1.82, 2.24) is 0 Å². The second-order valence-corrected chi connectivity index (χ2v) is 3.80. The van der Waals surface area contributed by atoms with E-state index in [2.05, 4.69) is 0 Å². The second kappa shape index (κ2) is 4.04. The number of methoxy groups -OCH3 is 2. The van der Waals surface area contributed by atoms with Crippen LogP contribution < -0.4 is 9.47 Å². The minimum Gasteiger partial charge on any atom is -0.493 e. The van der Waals surface area contributed by atoms with Gasteiger partial charge in [-0.1, -0.05) is 6.07 Å². The molecular formula is C12H14O4. The molecule has 4 nitrogen and oxygen atoms in total. The predicted molar refractivity (Wildman–Crippen MR) is 58.2 cm³/mol. The first-order valence-corrected chi connectivity index (χ1v) is 5.15. The summed E-state index contributed by atoms with van der Waals surface area (Å²) in [6.07, 6.45) is 1.36. The molecule has 0 amide bonds. The summed E-state index contributed by atoms with van der Waals surface area (Å²) in [6.45, 7) is 0. The highest BCUT2D eigenvalue weighted by Gasteiger charge is 2.31. The normalized spacial score (nSPS) is 18.0. The Morgan fingerprint density at radius 2 is 2.12 bits per heavy atom. The molecule has 16 heavy (non-hydrogen) atoms. The number of hydrogen-bond acceptors (Lipinski definition) is 3. The molecule has 4 heteroatoms. The number of carboxylic acids is 1. The number of fused-ring (bicyclic) bond motifs is 1. The quantitative estimate of drug-likeness (QED) is 0.847. The third-order valence-corrected chi connectivity index (χ3v) is 3.04. The van der Waals surface area contributed by atoms with Gasteiger partial charge in [0.15, 0.2) is 11.5 Å². The van der Waals surface area contributed by atoms with Gasteiger partial charge in [0.1, 0.15) is 0 Å². The van der Waals surface area contributed by atoms with Crippen LogP contribution in [0.3, 0.4) is 0 Å². The summed E-state index contributed by atoms with van der Waals surface area (Å²) in [7, 11) is 3.15. The van der Waals surface area contributed by atoms with Crippen molar-refractivity contribution < 1.29 is 19.4 Å². The van der Waals surface area contributed by atoms with Crippen molar-refractivity contribution in [1.29, 1.82) is 0 Å². The lowest BCUT2D eigenvalue weighted by Gasteiger charge is -2.13. The summed E-state index contributed by atoms with van der Waals surface area (Å²) in [5.74, 6) is 0.150. The van der Waals surface area contributed by atoms with Gasteiger partial charge in [-0.05, 0) is 24.5 Å². The average molecular weight is 222 g/mol. The summed E-state index contributed by atoms with van der Waals surface area (Å²) in [5, 5.41) is 9.08. The fourth-order valence-corrected chi connectivity index (χ4v) is 2.29. The van der Waals surface area contributed by atoms with E-state index in [1.807, 2.05) is 6.07 Å². The van der Waals surface area contributed by atoms with E-state index in [1.54, 1.807) is 20.3 Å². The molecule has 1 aliphatic carbocycles. The molecule has 0 saturated carbocycles. The summed E-state index contributed by atoms with van der Waals surface area (Å²) in [6, 6.07) is 3.58. The van der Waals surface area contributed by atoms with E-state index in [1.165, 1.54) is 0 Å². The van der Waals surface area contributed by atoms with Crippen LogP contribution >= 0.6 is 0 Å². The van der Waals surface area contributed by atoms with Gasteiger partial charge in [0, 0.05) is 5.56 Å². The Morgan fingerprint density at radius 3 is 2.69 bits per heavy atom. The molecule has 0 unspecified atom stereocenters. The van der Waals surface area contributed by atoms with E-state index < -0.39 is 11.9 Å². The lowest BCUT2D eigenvalue weighted by molar-refractivity contribution is -0.138. The van der Waals surface area contributed by atoms with E-state index in [-0.39, 0.29) is 0 Å². The summed E-state index contributed by atoms with van der Waals surface area (Å²) >= 11 is 0. The lowest BCUT2D eigenvalue weighted by atomic mass is 10.0. The Morgan fingerprint density at radius 1 is 1.38 bits per heavy atom. The summed E-state index contributed by atoms with van der Waals surface area (Å²) < 4.78 is 10.5. The van der Waals surface area contributed by atoms with E-state index in [4.69, 9.17) is 14.6 Å². The van der Waals surface area contributed by atoms with Crippen molar-refractivity contribution in [3.8, 4) is 11.5 Å². The smallest absolute Gasteiger partial charge is 0.310 e. The second-order valence-electron chi connectivity index (χ2n) is 3.80. The average Bonchev–Trinajstić information content (AvgIpc) is 2.71. The Hall–Kier alpha value is -1.71. The molecule has 1 atom stereocenters. The third kappa shape index (κ3) is 1.50. The van der Waals surface area contributed by atoms with Crippen molar-refractivity contribution >= 4 is 5.97 Å². The maximum atomic E-state index is 11.0. The van der Waals surface area contributed by atoms with Gasteiger partial charge in [0.05, 0.1) is 20.1 Å². The van der Waals surface area contributed by atoms with Crippen molar-refractivity contribution in [2.45, 2.75) is 18.8 Å². The fourth-order valence-electron chi connectivity index (χ4n) is 2.29. The van der Waals surface area contributed by atoms with Crippen LogP contribution in [0.2, 0.25) is 0 Å². The highest BCUT2D eigenvalue weighted by molar-refractivity contribution is 5.79. The van der Waals surface area contributed by atoms with Crippen LogP contribution in [0.15, 0.2) is 12.1 Å². The Kier molecular flexibility index (Phi) is 2.73. The Labute approximate surface area is 93.8 Å². The molecule has 86 valence electrons. The maximum absolute atomic E-state index is 11.0. The largest absolute Gasteiger partial charge is 0.493 e. The van der Waals surface area contributed by atoms with E-state index in [0.29, 0.717) is 17.9 Å². The van der Waals surface area contributed by atoms with Crippen LogP contribution in [0.4, 0.5) is 0 Å². The molecule has 1 aromatic rings. The number of hydrogen-bond donors (Lipinski definition) is 1. The number of carboxylic acid groups (broad SMARTS) is 1. The summed E-state index contributed by atoms with van der Waals surface area (Å²) in [5.41, 5.74) is 1.82. The molecule has 0 fully saturated rings. The van der Waals surface area contributed by atoms with Crippen molar-refractivity contribution in [2.24, 2.45) is 0 Å². The number of benzene rings is 1. The predicted octanol–water partition coefficient (Wildman–Crippen LogP) is 1.82. The lowest BCUT2D eigenvalue weighted by Crippen LogP contribution is -2.07. The number of ether oxygens (including phenoxy) is 2. The zero-order valence-electron chi connectivity index (χ0n) is 9.32. The monoisotopic (exact) mass is 222 g/mol. The van der Waals surface area contributed by atoms with Gasteiger partial charge < -0.3 is 14.6 Å². The molecule has 1 N–H and O–H groups in total. The zero-order chi connectivity index (χ0) is 11.7. The first kappa shape index (κ1) is 10.8. The zero-order valence-corrected chi connectivity index (χ0v) is 9.32. The van der Waals surface area contributed by atoms with E-state index >= 15 is 0 Å². The number of aliphatic carboxylic acids is 1. The van der Waals surface area contributed by atoms with Crippen molar-refractivity contribution in [3.05, 3.63) is 23.3 Å². The third-order valence-electron chi connectivity index (χ3n) is 3.04. The molecule has 0 aromatic heterocycles. The van der Waals surface area contributed by atoms with Gasteiger partial charge in [-0.15, -0.1) is 0 Å². The van der Waals surface area contributed by atoms with Crippen LogP contribution in [-0.4, -0.2) is 25.3 Å². The standard InChI is InChI=1S/C12H14O4/c1-15-10-6-5-7-8(11(10)16-2)3-4-9(7)12(13)14/h5-6,9H,3-4H2,1-2H3,(H,13,14)/t9-/m0/s1. The first-order valence-electron chi connectivity index (χ1n) is 5.15. The minimum absolute atomic E-state index is 0.408. The topological polar surface area (TPSA) is 55.8 Å². The van der Waals surface area contributed by atoms with Crippen LogP contribution in [-0.2, 0) is 11.2 Å². The Bertz CT molecular complexity index is 425. The molecule has 1 aromatic carbocycles.